The van der Waals surface area contributed by atoms with Gasteiger partial charge in [-0.3, -0.25) is 4.79 Å². The van der Waals surface area contributed by atoms with Gasteiger partial charge in [0.05, 0.1) is 12.7 Å². The monoisotopic (exact) mass is 369 g/mol. The van der Waals surface area contributed by atoms with E-state index in [1.807, 2.05) is 23.1 Å². The molecule has 1 aliphatic heterocycles. The maximum Gasteiger partial charge on any atom is 0.254 e. The van der Waals surface area contributed by atoms with Gasteiger partial charge in [0.1, 0.15) is 11.5 Å². The minimum Gasteiger partial charge on any atom is -0.508 e. The number of amides is 1. The second kappa shape index (κ2) is 7.50. The van der Waals surface area contributed by atoms with Crippen molar-refractivity contribution in [2.45, 2.75) is 13.1 Å². The Hall–Kier alpha value is -3.71. The number of hydrogen-bond acceptors (Lipinski definition) is 3. The second-order valence-corrected chi connectivity index (χ2v) is 6.65. The lowest BCUT2D eigenvalue weighted by Gasteiger charge is -2.16. The smallest absolute Gasteiger partial charge is 0.254 e. The second-order valence-electron chi connectivity index (χ2n) is 6.65. The number of carbonyl (C=O) groups is 1. The summed E-state index contributed by atoms with van der Waals surface area (Å²) in [6, 6.07) is 20.1. The Morgan fingerprint density at radius 2 is 1.71 bits per heavy atom. The van der Waals surface area contributed by atoms with E-state index in [2.05, 4.69) is 24.0 Å². The lowest BCUT2D eigenvalue weighted by atomic mass is 10.1. The number of carbonyl (C=O) groups excluding carboxylic acids is 1. The summed E-state index contributed by atoms with van der Waals surface area (Å²) in [6.07, 6.45) is 0. The van der Waals surface area contributed by atoms with E-state index in [1.54, 1.807) is 43.5 Å². The van der Waals surface area contributed by atoms with Crippen molar-refractivity contribution in [3.63, 3.8) is 0 Å². The predicted octanol–water partition coefficient (Wildman–Crippen LogP) is 3.96. The number of phenols is 1. The molecule has 3 aromatic rings. The molecule has 1 aliphatic rings. The van der Waals surface area contributed by atoms with Gasteiger partial charge in [-0.1, -0.05) is 42.2 Å². The first-order chi connectivity index (χ1) is 13.6. The van der Waals surface area contributed by atoms with Crippen LogP contribution in [0.5, 0.6) is 11.5 Å². The van der Waals surface area contributed by atoms with Crippen molar-refractivity contribution in [1.29, 1.82) is 0 Å². The Bertz CT molecular complexity index is 1080. The van der Waals surface area contributed by atoms with E-state index in [0.29, 0.717) is 35.5 Å². The van der Waals surface area contributed by atoms with Crippen molar-refractivity contribution >= 4 is 5.91 Å². The molecule has 3 aromatic carbocycles. The van der Waals surface area contributed by atoms with Crippen LogP contribution in [0.3, 0.4) is 0 Å². The Kier molecular flexibility index (Phi) is 4.74. The summed E-state index contributed by atoms with van der Waals surface area (Å²) in [5.41, 5.74) is 4.28. The van der Waals surface area contributed by atoms with E-state index >= 15 is 0 Å². The molecular weight excluding hydrogens is 350 g/mol. The third kappa shape index (κ3) is 3.56. The molecule has 1 amide bonds. The Morgan fingerprint density at radius 1 is 0.964 bits per heavy atom. The van der Waals surface area contributed by atoms with Crippen LogP contribution in [0.1, 0.15) is 32.6 Å². The molecule has 28 heavy (non-hydrogen) atoms. The summed E-state index contributed by atoms with van der Waals surface area (Å²) in [4.78, 5) is 14.8. The van der Waals surface area contributed by atoms with Crippen LogP contribution >= 0.6 is 0 Å². The molecule has 0 fully saturated rings. The van der Waals surface area contributed by atoms with Crippen LogP contribution in [0.15, 0.2) is 66.7 Å². The third-order valence-electron chi connectivity index (χ3n) is 4.76. The zero-order valence-corrected chi connectivity index (χ0v) is 15.5. The van der Waals surface area contributed by atoms with Gasteiger partial charge < -0.3 is 14.7 Å². The molecule has 0 aliphatic carbocycles. The molecule has 138 valence electrons. The largest absolute Gasteiger partial charge is 0.508 e. The number of fused-ring (bicyclic) bond motifs is 1. The van der Waals surface area contributed by atoms with Crippen molar-refractivity contribution in [2.24, 2.45) is 0 Å². The Balaban J connectivity index is 1.61. The highest BCUT2D eigenvalue weighted by Crippen LogP contribution is 2.26. The Morgan fingerprint density at radius 3 is 2.39 bits per heavy atom. The number of ether oxygens (including phenoxy) is 1. The van der Waals surface area contributed by atoms with Crippen molar-refractivity contribution in [3.05, 3.63) is 94.5 Å². The molecule has 1 N–H and O–H groups in total. The van der Waals surface area contributed by atoms with Crippen LogP contribution in [-0.4, -0.2) is 23.0 Å². The number of nitrogens with zero attached hydrogens (tertiary/aromatic N) is 1. The van der Waals surface area contributed by atoms with Gasteiger partial charge in [0.2, 0.25) is 0 Å². The van der Waals surface area contributed by atoms with E-state index in [9.17, 15) is 9.90 Å². The van der Waals surface area contributed by atoms with Gasteiger partial charge in [-0.15, -0.1) is 0 Å². The number of aromatic hydroxyl groups is 1. The van der Waals surface area contributed by atoms with Gasteiger partial charge in [0.25, 0.3) is 5.91 Å². The SMILES string of the molecule is COc1ccc(C(=O)N2Cc3ccccc3C2)cc1C#Cc1cccc(O)c1. The van der Waals surface area contributed by atoms with Crippen molar-refractivity contribution in [1.82, 2.24) is 4.90 Å². The molecule has 0 radical (unpaired) electrons. The normalized spacial score (nSPS) is 12.1. The molecule has 0 unspecified atom stereocenters. The van der Waals surface area contributed by atoms with Crippen LogP contribution in [0.4, 0.5) is 0 Å². The predicted molar refractivity (Wildman–Crippen MR) is 107 cm³/mol. The van der Waals surface area contributed by atoms with Crippen molar-refractivity contribution in [2.75, 3.05) is 7.11 Å². The highest BCUT2D eigenvalue weighted by molar-refractivity contribution is 5.95. The van der Waals surface area contributed by atoms with Gasteiger partial charge >= 0.3 is 0 Å². The minimum atomic E-state index is -0.0285. The van der Waals surface area contributed by atoms with E-state index in [0.717, 1.165) is 0 Å². The molecular formula is C24H19NO3. The Labute approximate surface area is 164 Å². The fourth-order valence-corrected chi connectivity index (χ4v) is 3.32. The standard InChI is InChI=1S/C24H19NO3/c1-28-23-12-11-19(14-18(23)10-9-17-5-4-8-22(26)13-17)24(27)25-15-20-6-2-3-7-21(20)16-25/h2-8,11-14,26H,15-16H2,1H3. The van der Waals surface area contributed by atoms with E-state index < -0.39 is 0 Å². The van der Waals surface area contributed by atoms with Crippen LogP contribution in [-0.2, 0) is 13.1 Å². The quantitative estimate of drug-likeness (QED) is 0.696. The van der Waals surface area contributed by atoms with Crippen molar-refractivity contribution in [3.8, 4) is 23.3 Å². The first-order valence-corrected chi connectivity index (χ1v) is 8.99. The van der Waals surface area contributed by atoms with Crippen LogP contribution in [0.25, 0.3) is 0 Å². The van der Waals surface area contributed by atoms with E-state index in [-0.39, 0.29) is 11.7 Å². The molecule has 4 nitrogen and oxygen atoms in total. The number of rotatable bonds is 2. The third-order valence-corrected chi connectivity index (χ3v) is 4.76. The molecule has 0 saturated carbocycles. The summed E-state index contributed by atoms with van der Waals surface area (Å²) in [5, 5.41) is 9.58. The first kappa shape index (κ1) is 17.7. The summed E-state index contributed by atoms with van der Waals surface area (Å²) in [7, 11) is 1.58. The number of phenolic OH excluding ortho intramolecular Hbond substituents is 1. The molecule has 0 saturated heterocycles. The zero-order chi connectivity index (χ0) is 19.5. The maximum atomic E-state index is 13.0. The lowest BCUT2D eigenvalue weighted by Crippen LogP contribution is -2.25. The average Bonchev–Trinajstić information content (AvgIpc) is 3.16. The van der Waals surface area contributed by atoms with E-state index in [4.69, 9.17) is 4.74 Å². The topological polar surface area (TPSA) is 49.8 Å². The summed E-state index contributed by atoms with van der Waals surface area (Å²) < 4.78 is 5.39. The lowest BCUT2D eigenvalue weighted by molar-refractivity contribution is 0.0751. The van der Waals surface area contributed by atoms with Gasteiger partial charge in [-0.05, 0) is 47.5 Å². The molecule has 4 heteroatoms. The molecule has 0 spiro atoms. The zero-order valence-electron chi connectivity index (χ0n) is 15.5. The minimum absolute atomic E-state index is 0.0285. The van der Waals surface area contributed by atoms with Gasteiger partial charge in [-0.25, -0.2) is 0 Å². The maximum absolute atomic E-state index is 13.0. The van der Waals surface area contributed by atoms with Crippen LogP contribution < -0.4 is 4.74 Å². The highest BCUT2D eigenvalue weighted by atomic mass is 16.5. The fraction of sp³-hybridized carbons (Fsp3) is 0.125. The van der Waals surface area contributed by atoms with E-state index in [1.165, 1.54) is 11.1 Å². The summed E-state index contributed by atoms with van der Waals surface area (Å²) in [5.74, 6) is 6.81. The van der Waals surface area contributed by atoms with Crippen molar-refractivity contribution < 1.29 is 14.6 Å². The summed E-state index contributed by atoms with van der Waals surface area (Å²) >= 11 is 0. The highest BCUT2D eigenvalue weighted by Gasteiger charge is 2.24. The van der Waals surface area contributed by atoms with Gasteiger partial charge in [0.15, 0.2) is 0 Å². The molecule has 0 bridgehead atoms. The van der Waals surface area contributed by atoms with Crippen LogP contribution in [0.2, 0.25) is 0 Å². The van der Waals surface area contributed by atoms with Gasteiger partial charge in [-0.2, -0.15) is 0 Å². The first-order valence-electron chi connectivity index (χ1n) is 8.99. The molecule has 4 rings (SSSR count). The average molecular weight is 369 g/mol. The summed E-state index contributed by atoms with van der Waals surface area (Å²) in [6.45, 7) is 1.23. The molecule has 0 atom stereocenters. The number of hydrogen-bond donors (Lipinski definition) is 1. The van der Waals surface area contributed by atoms with Crippen LogP contribution in [0, 0.1) is 11.8 Å². The molecule has 1 heterocycles. The fourth-order valence-electron chi connectivity index (χ4n) is 3.32. The number of benzene rings is 3. The molecule has 0 aromatic heterocycles. The number of methoxy groups -OCH3 is 1. The van der Waals surface area contributed by atoms with Gasteiger partial charge in [0, 0.05) is 24.2 Å².